The molecule has 0 aliphatic rings. The number of rotatable bonds is 4. The monoisotopic (exact) mass is 414 g/mol. The third kappa shape index (κ3) is 4.61. The number of amides is 1. The van der Waals surface area contributed by atoms with Gasteiger partial charge in [0.15, 0.2) is 0 Å². The van der Waals surface area contributed by atoms with E-state index < -0.39 is 0 Å². The maximum absolute atomic E-state index is 12.2. The zero-order valence-corrected chi connectivity index (χ0v) is 14.7. The first-order valence-electron chi connectivity index (χ1n) is 6.55. The van der Waals surface area contributed by atoms with Gasteiger partial charge in [-0.15, -0.1) is 0 Å². The molecule has 1 unspecified atom stereocenters. The summed E-state index contributed by atoms with van der Waals surface area (Å²) in [5.74, 6) is -0.0791. The zero-order chi connectivity index (χ0) is 15.4. The largest absolute Gasteiger partial charge is 0.373 e. The van der Waals surface area contributed by atoms with Crippen molar-refractivity contribution in [1.29, 1.82) is 0 Å². The lowest BCUT2D eigenvalue weighted by Crippen LogP contribution is -2.32. The molecule has 2 aromatic rings. The summed E-state index contributed by atoms with van der Waals surface area (Å²) in [5, 5.41) is 6.76. The van der Waals surface area contributed by atoms with E-state index in [2.05, 4.69) is 33.2 Å². The molecule has 21 heavy (non-hydrogen) atoms. The van der Waals surface area contributed by atoms with Crippen LogP contribution in [0.3, 0.4) is 0 Å². The van der Waals surface area contributed by atoms with Crippen LogP contribution in [-0.4, -0.2) is 11.9 Å². The van der Waals surface area contributed by atoms with Crippen LogP contribution in [0.25, 0.3) is 0 Å². The fourth-order valence-electron chi connectivity index (χ4n) is 1.79. The highest BCUT2D eigenvalue weighted by Crippen LogP contribution is 2.23. The Kier molecular flexibility index (Phi) is 5.47. The molecule has 2 aromatic carbocycles. The van der Waals surface area contributed by atoms with Crippen LogP contribution < -0.4 is 10.6 Å². The number of anilines is 2. The van der Waals surface area contributed by atoms with E-state index in [9.17, 15) is 4.79 Å². The first-order valence-corrected chi connectivity index (χ1v) is 8.00. The van der Waals surface area contributed by atoms with Crippen molar-refractivity contribution in [1.82, 2.24) is 0 Å². The molecule has 3 nitrogen and oxygen atoms in total. The van der Waals surface area contributed by atoms with E-state index in [0.717, 1.165) is 20.5 Å². The van der Waals surface area contributed by atoms with Crippen molar-refractivity contribution in [2.75, 3.05) is 10.6 Å². The van der Waals surface area contributed by atoms with Gasteiger partial charge in [0.2, 0.25) is 5.91 Å². The standard InChI is InChI=1S/C16H16ClIN2O/c1-10-3-6-13(7-4-10)20-16(21)11(2)19-15-8-5-12(17)9-14(15)18/h3-9,11,19H,1-2H3,(H,20,21). The van der Waals surface area contributed by atoms with Crippen LogP contribution in [0.2, 0.25) is 5.02 Å². The molecule has 0 fully saturated rings. The van der Waals surface area contributed by atoms with Crippen molar-refractivity contribution >= 4 is 51.5 Å². The molecule has 0 saturated heterocycles. The van der Waals surface area contributed by atoms with Crippen LogP contribution in [0.1, 0.15) is 12.5 Å². The second-order valence-corrected chi connectivity index (χ2v) is 6.44. The minimum absolute atomic E-state index is 0.0791. The summed E-state index contributed by atoms with van der Waals surface area (Å²) in [5.41, 5.74) is 2.85. The number of benzene rings is 2. The van der Waals surface area contributed by atoms with E-state index in [1.165, 1.54) is 0 Å². The Hall–Kier alpha value is -1.27. The third-order valence-electron chi connectivity index (χ3n) is 3.02. The average molecular weight is 415 g/mol. The minimum Gasteiger partial charge on any atom is -0.373 e. The van der Waals surface area contributed by atoms with Crippen molar-refractivity contribution in [3.8, 4) is 0 Å². The Labute approximate surface area is 143 Å². The summed E-state index contributed by atoms with van der Waals surface area (Å²) in [6.07, 6.45) is 0. The number of carbonyl (C=O) groups is 1. The molecule has 0 bridgehead atoms. The van der Waals surface area contributed by atoms with Crippen LogP contribution in [0.4, 0.5) is 11.4 Å². The van der Waals surface area contributed by atoms with Crippen molar-refractivity contribution in [2.24, 2.45) is 0 Å². The molecule has 0 aromatic heterocycles. The van der Waals surface area contributed by atoms with Gasteiger partial charge in [0, 0.05) is 20.0 Å². The average Bonchev–Trinajstić information content (AvgIpc) is 2.44. The summed E-state index contributed by atoms with van der Waals surface area (Å²) in [4.78, 5) is 12.2. The van der Waals surface area contributed by atoms with Gasteiger partial charge >= 0.3 is 0 Å². The smallest absolute Gasteiger partial charge is 0.246 e. The molecule has 0 saturated carbocycles. The molecule has 1 amide bonds. The number of carbonyl (C=O) groups excluding carboxylic acids is 1. The molecular formula is C16H16ClIN2O. The third-order valence-corrected chi connectivity index (χ3v) is 4.14. The fourth-order valence-corrected chi connectivity index (χ4v) is 2.82. The minimum atomic E-state index is -0.346. The Morgan fingerprint density at radius 2 is 1.86 bits per heavy atom. The summed E-state index contributed by atoms with van der Waals surface area (Å²) in [6.45, 7) is 3.84. The number of hydrogen-bond donors (Lipinski definition) is 2. The van der Waals surface area contributed by atoms with Gasteiger partial charge < -0.3 is 10.6 Å². The molecule has 0 aliphatic carbocycles. The van der Waals surface area contributed by atoms with Gasteiger partial charge in [0.05, 0.1) is 0 Å². The predicted molar refractivity (Wildman–Crippen MR) is 97.1 cm³/mol. The SMILES string of the molecule is Cc1ccc(NC(=O)C(C)Nc2ccc(Cl)cc2I)cc1. The quantitative estimate of drug-likeness (QED) is 0.713. The zero-order valence-electron chi connectivity index (χ0n) is 11.8. The molecule has 0 heterocycles. The van der Waals surface area contributed by atoms with E-state index in [1.807, 2.05) is 50.2 Å². The number of halogens is 2. The molecule has 0 radical (unpaired) electrons. The Morgan fingerprint density at radius 1 is 1.19 bits per heavy atom. The second kappa shape index (κ2) is 7.13. The molecule has 2 N–H and O–H groups in total. The maximum atomic E-state index is 12.2. The number of aryl methyl sites for hydroxylation is 1. The normalized spacial score (nSPS) is 11.8. The Balaban J connectivity index is 2.00. The van der Waals surface area contributed by atoms with E-state index in [1.54, 1.807) is 6.07 Å². The van der Waals surface area contributed by atoms with E-state index in [-0.39, 0.29) is 11.9 Å². The van der Waals surface area contributed by atoms with Gasteiger partial charge in [0.1, 0.15) is 6.04 Å². The van der Waals surface area contributed by atoms with E-state index >= 15 is 0 Å². The molecular weight excluding hydrogens is 399 g/mol. The summed E-state index contributed by atoms with van der Waals surface area (Å²) in [6, 6.07) is 12.9. The van der Waals surface area contributed by atoms with Gasteiger partial charge in [-0.1, -0.05) is 29.3 Å². The first kappa shape index (κ1) is 16.1. The van der Waals surface area contributed by atoms with Crippen LogP contribution in [0.15, 0.2) is 42.5 Å². The van der Waals surface area contributed by atoms with Crippen LogP contribution in [0, 0.1) is 10.5 Å². The van der Waals surface area contributed by atoms with E-state index in [0.29, 0.717) is 5.02 Å². The van der Waals surface area contributed by atoms with Crippen molar-refractivity contribution < 1.29 is 4.79 Å². The van der Waals surface area contributed by atoms with Crippen LogP contribution >= 0.6 is 34.2 Å². The lowest BCUT2D eigenvalue weighted by molar-refractivity contribution is -0.116. The molecule has 1 atom stereocenters. The predicted octanol–water partition coefficient (Wildman–Crippen LogP) is 4.69. The van der Waals surface area contributed by atoms with Gasteiger partial charge in [-0.3, -0.25) is 4.79 Å². The molecule has 0 spiro atoms. The molecule has 110 valence electrons. The Bertz CT molecular complexity index is 643. The van der Waals surface area contributed by atoms with Gasteiger partial charge in [-0.25, -0.2) is 0 Å². The number of hydrogen-bond acceptors (Lipinski definition) is 2. The highest BCUT2D eigenvalue weighted by Gasteiger charge is 2.14. The Morgan fingerprint density at radius 3 is 2.48 bits per heavy atom. The number of nitrogens with one attached hydrogen (secondary N) is 2. The second-order valence-electron chi connectivity index (χ2n) is 4.85. The van der Waals surface area contributed by atoms with Crippen LogP contribution in [-0.2, 0) is 4.79 Å². The highest BCUT2D eigenvalue weighted by molar-refractivity contribution is 14.1. The molecule has 5 heteroatoms. The lowest BCUT2D eigenvalue weighted by Gasteiger charge is -2.16. The van der Waals surface area contributed by atoms with Gasteiger partial charge in [-0.2, -0.15) is 0 Å². The maximum Gasteiger partial charge on any atom is 0.246 e. The van der Waals surface area contributed by atoms with Crippen molar-refractivity contribution in [3.63, 3.8) is 0 Å². The van der Waals surface area contributed by atoms with Crippen molar-refractivity contribution in [3.05, 3.63) is 56.6 Å². The summed E-state index contributed by atoms with van der Waals surface area (Å²) >= 11 is 8.12. The molecule has 2 rings (SSSR count). The van der Waals surface area contributed by atoms with Crippen molar-refractivity contribution in [2.45, 2.75) is 19.9 Å². The fraction of sp³-hybridized carbons (Fsp3) is 0.188. The lowest BCUT2D eigenvalue weighted by atomic mass is 10.2. The van der Waals surface area contributed by atoms with Gasteiger partial charge in [0.25, 0.3) is 0 Å². The van der Waals surface area contributed by atoms with E-state index in [4.69, 9.17) is 11.6 Å². The van der Waals surface area contributed by atoms with Gasteiger partial charge in [-0.05, 0) is 66.8 Å². The summed E-state index contributed by atoms with van der Waals surface area (Å²) in [7, 11) is 0. The highest BCUT2D eigenvalue weighted by atomic mass is 127. The topological polar surface area (TPSA) is 41.1 Å². The van der Waals surface area contributed by atoms with Crippen LogP contribution in [0.5, 0.6) is 0 Å². The molecule has 0 aliphatic heterocycles. The summed E-state index contributed by atoms with van der Waals surface area (Å²) < 4.78 is 0.982. The first-order chi connectivity index (χ1) is 9.95.